The molecule has 8 bridgehead atoms. The Morgan fingerprint density at radius 3 is 1.36 bits per heavy atom. The molecule has 0 aromatic rings. The minimum atomic E-state index is -0.0683. The van der Waals surface area contributed by atoms with Crippen molar-refractivity contribution >= 4 is 0 Å². The minimum absolute atomic E-state index is 0.0683. The number of aliphatic hydroxyl groups is 2. The van der Waals surface area contributed by atoms with Crippen molar-refractivity contribution in [2.45, 2.75) is 25.0 Å². The van der Waals surface area contributed by atoms with Crippen molar-refractivity contribution < 1.29 is 10.2 Å². The smallest absolute Gasteiger partial charge is 0.0577 e. The zero-order chi connectivity index (χ0) is 9.19. The first kappa shape index (κ1) is 7.24. The van der Waals surface area contributed by atoms with E-state index in [2.05, 4.69) is 0 Å². The monoisotopic (exact) mass is 192 g/mol. The predicted octanol–water partition coefficient (Wildman–Crippen LogP) is 0.486. The zero-order valence-corrected chi connectivity index (χ0v) is 8.08. The average molecular weight is 192 g/mol. The number of aliphatic hydroxyl groups excluding tert-OH is 2. The molecule has 2 nitrogen and oxygen atoms in total. The summed E-state index contributed by atoms with van der Waals surface area (Å²) in [5.74, 6) is 6.23. The highest BCUT2D eigenvalue weighted by atomic mass is 16.3. The lowest BCUT2D eigenvalue weighted by Crippen LogP contribution is -2.83. The molecule has 2 N–H and O–H groups in total. The maximum absolute atomic E-state index is 10.1. The van der Waals surface area contributed by atoms with E-state index < -0.39 is 0 Å². The molecule has 8 fully saturated rings. The third-order valence-electron chi connectivity index (χ3n) is 6.56. The summed E-state index contributed by atoms with van der Waals surface area (Å²) in [4.78, 5) is 0. The molecule has 0 amide bonds. The van der Waals surface area contributed by atoms with Crippen LogP contribution in [0, 0.1) is 47.3 Å². The fourth-order valence-electron chi connectivity index (χ4n) is 6.57. The normalized spacial score (nSPS) is 81.0. The minimum Gasteiger partial charge on any atom is -0.393 e. The predicted molar refractivity (Wildman–Crippen MR) is 49.2 cm³/mol. The number of hydrogen-bond donors (Lipinski definition) is 2. The van der Waals surface area contributed by atoms with Gasteiger partial charge in [-0.3, -0.25) is 0 Å². The van der Waals surface area contributed by atoms with E-state index in [1.807, 2.05) is 0 Å². The van der Waals surface area contributed by atoms with Crippen LogP contribution in [0.4, 0.5) is 0 Å². The van der Waals surface area contributed by atoms with Crippen LogP contribution in [0.15, 0.2) is 0 Å². The fourth-order valence-corrected chi connectivity index (χ4v) is 6.57. The summed E-state index contributed by atoms with van der Waals surface area (Å²) in [6.07, 6.45) is 1.98. The lowest BCUT2D eigenvalue weighted by molar-refractivity contribution is -0.394. The standard InChI is InChI=1S/C12H16O2/c13-5-1-3-7-8-4-2-6(14)12(9(3)8)11(5)10(4)7/h3-14H,1-2H2/t3-,4-,5-,6+,7-,8+,9-,10-,11-,12-/m1/s1. The van der Waals surface area contributed by atoms with E-state index in [-0.39, 0.29) is 12.2 Å². The maximum atomic E-state index is 10.1. The first-order valence-corrected chi connectivity index (χ1v) is 6.15. The summed E-state index contributed by atoms with van der Waals surface area (Å²) in [6.45, 7) is 0. The molecular weight excluding hydrogens is 176 g/mol. The lowest BCUT2D eigenvalue weighted by atomic mass is 9.21. The second-order valence-corrected chi connectivity index (χ2v) is 6.40. The van der Waals surface area contributed by atoms with E-state index in [4.69, 9.17) is 0 Å². The zero-order valence-electron chi connectivity index (χ0n) is 8.08. The third kappa shape index (κ3) is 0.455. The first-order chi connectivity index (χ1) is 6.79. The quantitative estimate of drug-likeness (QED) is 0.586. The maximum Gasteiger partial charge on any atom is 0.0577 e. The molecule has 0 aromatic carbocycles. The number of fused-ring (bicyclic) bond motifs is 2. The van der Waals surface area contributed by atoms with Gasteiger partial charge in [0, 0.05) is 0 Å². The molecule has 0 aliphatic heterocycles. The Morgan fingerprint density at radius 1 is 0.571 bits per heavy atom. The SMILES string of the molecule is O[C@@H]1C[C@@H]2[C@@H]3[C@@H]4[C@H]5C[C@H](O)[C@H]([C@H]24)[C@H]1[C@H]53. The van der Waals surface area contributed by atoms with Crippen LogP contribution in [0.2, 0.25) is 0 Å². The highest BCUT2D eigenvalue weighted by Crippen LogP contribution is 2.82. The summed E-state index contributed by atoms with van der Waals surface area (Å²) < 4.78 is 0. The van der Waals surface area contributed by atoms with Gasteiger partial charge in [0.25, 0.3) is 0 Å². The van der Waals surface area contributed by atoms with Gasteiger partial charge in [-0.1, -0.05) is 0 Å². The Hall–Kier alpha value is -0.0800. The van der Waals surface area contributed by atoms with Gasteiger partial charge in [-0.05, 0) is 60.2 Å². The van der Waals surface area contributed by atoms with Gasteiger partial charge in [0.2, 0.25) is 0 Å². The van der Waals surface area contributed by atoms with Crippen LogP contribution in [0.25, 0.3) is 0 Å². The molecule has 76 valence electrons. The highest BCUT2D eigenvalue weighted by Gasteiger charge is 2.81. The van der Waals surface area contributed by atoms with Crippen LogP contribution in [-0.2, 0) is 0 Å². The van der Waals surface area contributed by atoms with Gasteiger partial charge in [0.15, 0.2) is 0 Å². The van der Waals surface area contributed by atoms with Gasteiger partial charge in [-0.15, -0.1) is 0 Å². The Bertz CT molecular complexity index is 296. The Balaban J connectivity index is 1.70. The molecule has 8 rings (SSSR count). The van der Waals surface area contributed by atoms with Crippen LogP contribution in [0.5, 0.6) is 0 Å². The Morgan fingerprint density at radius 2 is 0.929 bits per heavy atom. The van der Waals surface area contributed by atoms with Crippen LogP contribution >= 0.6 is 0 Å². The van der Waals surface area contributed by atoms with Crippen molar-refractivity contribution in [2.24, 2.45) is 47.3 Å². The van der Waals surface area contributed by atoms with E-state index in [1.54, 1.807) is 0 Å². The van der Waals surface area contributed by atoms with Crippen molar-refractivity contribution in [3.63, 3.8) is 0 Å². The van der Waals surface area contributed by atoms with Gasteiger partial charge >= 0.3 is 0 Å². The number of rotatable bonds is 0. The van der Waals surface area contributed by atoms with Crippen molar-refractivity contribution in [1.29, 1.82) is 0 Å². The van der Waals surface area contributed by atoms with E-state index >= 15 is 0 Å². The molecule has 14 heavy (non-hydrogen) atoms. The second-order valence-electron chi connectivity index (χ2n) is 6.40. The van der Waals surface area contributed by atoms with Crippen LogP contribution < -0.4 is 0 Å². The molecule has 10 atom stereocenters. The number of hydrogen-bond acceptors (Lipinski definition) is 2. The van der Waals surface area contributed by atoms with Crippen molar-refractivity contribution in [1.82, 2.24) is 0 Å². The van der Waals surface area contributed by atoms with Crippen molar-refractivity contribution in [3.05, 3.63) is 0 Å². The van der Waals surface area contributed by atoms with Crippen LogP contribution in [-0.4, -0.2) is 22.4 Å². The molecule has 2 heteroatoms. The molecule has 0 spiro atoms. The third-order valence-corrected chi connectivity index (χ3v) is 6.56. The Kier molecular flexibility index (Phi) is 0.931. The molecule has 8 aliphatic rings. The van der Waals surface area contributed by atoms with Crippen molar-refractivity contribution in [2.75, 3.05) is 0 Å². The molecule has 0 unspecified atom stereocenters. The molecule has 0 radical (unpaired) electrons. The summed E-state index contributed by atoms with van der Waals surface area (Å²) in [5, 5.41) is 20.1. The molecule has 0 heterocycles. The van der Waals surface area contributed by atoms with Gasteiger partial charge in [0.05, 0.1) is 12.2 Å². The van der Waals surface area contributed by atoms with Crippen LogP contribution in [0.3, 0.4) is 0 Å². The van der Waals surface area contributed by atoms with Crippen molar-refractivity contribution in [3.8, 4) is 0 Å². The first-order valence-electron chi connectivity index (χ1n) is 6.15. The fraction of sp³-hybridized carbons (Fsp3) is 1.00. The van der Waals surface area contributed by atoms with Gasteiger partial charge < -0.3 is 10.2 Å². The van der Waals surface area contributed by atoms with E-state index in [0.717, 1.165) is 48.3 Å². The van der Waals surface area contributed by atoms with Gasteiger partial charge in [-0.25, -0.2) is 0 Å². The molecule has 8 aliphatic carbocycles. The van der Waals surface area contributed by atoms with E-state index in [9.17, 15) is 10.2 Å². The summed E-state index contributed by atoms with van der Waals surface area (Å²) in [6, 6.07) is 0. The summed E-state index contributed by atoms with van der Waals surface area (Å²) in [5.41, 5.74) is 0. The Labute approximate surface area is 83.3 Å². The molecule has 8 saturated carbocycles. The van der Waals surface area contributed by atoms with Gasteiger partial charge in [0.1, 0.15) is 0 Å². The molecule has 0 aromatic heterocycles. The lowest BCUT2D eigenvalue weighted by Gasteiger charge is -2.84. The molecule has 0 saturated heterocycles. The summed E-state index contributed by atoms with van der Waals surface area (Å²) in [7, 11) is 0. The average Bonchev–Trinajstić information content (AvgIpc) is 2.16. The van der Waals surface area contributed by atoms with Crippen LogP contribution in [0.1, 0.15) is 12.8 Å². The highest BCUT2D eigenvalue weighted by molar-refractivity contribution is 5.28. The topological polar surface area (TPSA) is 40.5 Å². The van der Waals surface area contributed by atoms with E-state index in [1.165, 1.54) is 0 Å². The van der Waals surface area contributed by atoms with Gasteiger partial charge in [-0.2, -0.15) is 0 Å². The second kappa shape index (κ2) is 1.80. The van der Waals surface area contributed by atoms with E-state index in [0.29, 0.717) is 11.8 Å². The molecular formula is C12H16O2. The largest absolute Gasteiger partial charge is 0.393 e. The summed E-state index contributed by atoms with van der Waals surface area (Å²) >= 11 is 0.